The molecule has 0 atom stereocenters. The lowest BCUT2D eigenvalue weighted by Gasteiger charge is -2.06. The molecule has 25 heavy (non-hydrogen) atoms. The molecule has 3 heteroatoms. The molecule has 2 nitrogen and oxygen atoms in total. The van der Waals surface area contributed by atoms with Gasteiger partial charge >= 0.3 is 0 Å². The van der Waals surface area contributed by atoms with Crippen LogP contribution in [0.5, 0.6) is 0 Å². The molecule has 5 rings (SSSR count). The van der Waals surface area contributed by atoms with Crippen LogP contribution in [0.15, 0.2) is 79.0 Å². The molecule has 1 aromatic heterocycles. The predicted molar refractivity (Wildman–Crippen MR) is 99.9 cm³/mol. The van der Waals surface area contributed by atoms with E-state index in [9.17, 15) is 4.39 Å². The number of halogens is 1. The van der Waals surface area contributed by atoms with E-state index in [0.29, 0.717) is 0 Å². The second-order valence-electron chi connectivity index (χ2n) is 6.15. The molecule has 0 fully saturated rings. The highest BCUT2D eigenvalue weighted by Crippen LogP contribution is 2.27. The van der Waals surface area contributed by atoms with Gasteiger partial charge in [0, 0.05) is 5.56 Å². The van der Waals surface area contributed by atoms with Gasteiger partial charge < -0.3 is 0 Å². The second-order valence-corrected chi connectivity index (χ2v) is 6.15. The van der Waals surface area contributed by atoms with Crippen molar-refractivity contribution in [1.29, 1.82) is 0 Å². The minimum Gasteiger partial charge on any atom is -0.252 e. The number of hydrogen-bond acceptors (Lipinski definition) is 2. The first kappa shape index (κ1) is 14.1. The number of hydrogen-bond donors (Lipinski definition) is 0. The van der Waals surface area contributed by atoms with Gasteiger partial charge in [-0.15, -0.1) is 0 Å². The summed E-state index contributed by atoms with van der Waals surface area (Å²) in [5.74, 6) is -0.254. The molecule has 4 aromatic carbocycles. The zero-order valence-corrected chi connectivity index (χ0v) is 13.3. The van der Waals surface area contributed by atoms with Crippen LogP contribution < -0.4 is 0 Å². The molecule has 0 amide bonds. The fraction of sp³-hybridized carbons (Fsp3) is 0. The Morgan fingerprint density at radius 1 is 0.640 bits per heavy atom. The number of benzene rings is 4. The van der Waals surface area contributed by atoms with E-state index in [4.69, 9.17) is 4.98 Å². The largest absolute Gasteiger partial charge is 0.252 e. The van der Waals surface area contributed by atoms with Crippen LogP contribution in [0, 0.1) is 5.82 Å². The summed E-state index contributed by atoms with van der Waals surface area (Å²) in [6, 6.07) is 23.1. The summed E-state index contributed by atoms with van der Waals surface area (Å²) in [4.78, 5) is 9.27. The SMILES string of the molecule is Fc1ccc(-c2cnc3cc4cc5ccccc5cc4cc3n2)cc1. The normalized spacial score (nSPS) is 11.4. The molecule has 118 valence electrons. The molecular weight excluding hydrogens is 311 g/mol. The molecule has 0 radical (unpaired) electrons. The van der Waals surface area contributed by atoms with Gasteiger partial charge in [-0.1, -0.05) is 24.3 Å². The molecule has 0 aliphatic heterocycles. The third-order valence-corrected chi connectivity index (χ3v) is 4.51. The van der Waals surface area contributed by atoms with E-state index in [1.807, 2.05) is 12.1 Å². The van der Waals surface area contributed by atoms with E-state index in [1.165, 1.54) is 22.9 Å². The van der Waals surface area contributed by atoms with E-state index in [2.05, 4.69) is 41.4 Å². The van der Waals surface area contributed by atoms with Crippen LogP contribution in [0.25, 0.3) is 43.8 Å². The smallest absolute Gasteiger partial charge is 0.123 e. The molecule has 0 unspecified atom stereocenters. The van der Waals surface area contributed by atoms with E-state index >= 15 is 0 Å². The molecule has 1 heterocycles. The van der Waals surface area contributed by atoms with E-state index in [0.717, 1.165) is 33.1 Å². The molecule has 0 N–H and O–H groups in total. The Hall–Kier alpha value is -3.33. The monoisotopic (exact) mass is 324 g/mol. The maximum absolute atomic E-state index is 13.1. The highest BCUT2D eigenvalue weighted by molar-refractivity contribution is 6.03. The molecule has 5 aromatic rings. The zero-order valence-electron chi connectivity index (χ0n) is 13.3. The number of aromatic nitrogens is 2. The zero-order chi connectivity index (χ0) is 16.8. The summed E-state index contributed by atoms with van der Waals surface area (Å²) in [5, 5.41) is 4.70. The van der Waals surface area contributed by atoms with Gasteiger partial charge in [0.2, 0.25) is 0 Å². The van der Waals surface area contributed by atoms with Crippen LogP contribution in [0.1, 0.15) is 0 Å². The maximum Gasteiger partial charge on any atom is 0.123 e. The summed E-state index contributed by atoms with van der Waals surface area (Å²) in [6.07, 6.45) is 1.74. The Kier molecular flexibility index (Phi) is 3.01. The average Bonchev–Trinajstić information content (AvgIpc) is 2.65. The highest BCUT2D eigenvalue weighted by atomic mass is 19.1. The molecule has 0 aliphatic carbocycles. The van der Waals surface area contributed by atoms with Crippen molar-refractivity contribution in [3.8, 4) is 11.3 Å². The standard InChI is InChI=1S/C22H13FN2/c23-19-7-5-14(6-8-19)22-13-24-20-11-17-9-15-3-1-2-4-16(15)10-18(17)12-21(20)25-22/h1-13H. The van der Waals surface area contributed by atoms with Gasteiger partial charge in [0.05, 0.1) is 22.9 Å². The van der Waals surface area contributed by atoms with Crippen molar-refractivity contribution in [3.63, 3.8) is 0 Å². The van der Waals surface area contributed by atoms with Crippen molar-refractivity contribution < 1.29 is 4.39 Å². The Balaban J connectivity index is 1.73. The van der Waals surface area contributed by atoms with Gasteiger partial charge in [0.15, 0.2) is 0 Å². The van der Waals surface area contributed by atoms with Crippen LogP contribution in [-0.2, 0) is 0 Å². The Bertz CT molecular complexity index is 1240. The van der Waals surface area contributed by atoms with Crippen molar-refractivity contribution in [2.24, 2.45) is 0 Å². The van der Waals surface area contributed by atoms with Crippen LogP contribution >= 0.6 is 0 Å². The minimum atomic E-state index is -0.254. The second kappa shape index (κ2) is 5.35. The third-order valence-electron chi connectivity index (χ3n) is 4.51. The Labute approximate surface area is 143 Å². The fourth-order valence-corrected chi connectivity index (χ4v) is 3.21. The minimum absolute atomic E-state index is 0.254. The molecule has 0 aliphatic rings. The van der Waals surface area contributed by atoms with Gasteiger partial charge in [-0.05, 0) is 70.1 Å². The van der Waals surface area contributed by atoms with E-state index < -0.39 is 0 Å². The van der Waals surface area contributed by atoms with Crippen molar-refractivity contribution >= 4 is 32.6 Å². The van der Waals surface area contributed by atoms with Crippen LogP contribution in [0.2, 0.25) is 0 Å². The summed E-state index contributed by atoms with van der Waals surface area (Å²) in [7, 11) is 0. The predicted octanol–water partition coefficient (Wildman–Crippen LogP) is 5.74. The average molecular weight is 324 g/mol. The summed E-state index contributed by atoms with van der Waals surface area (Å²) in [6.45, 7) is 0. The summed E-state index contributed by atoms with van der Waals surface area (Å²) in [5.41, 5.74) is 3.29. The van der Waals surface area contributed by atoms with Gasteiger partial charge in [-0.25, -0.2) is 9.37 Å². The number of nitrogens with zero attached hydrogens (tertiary/aromatic N) is 2. The van der Waals surface area contributed by atoms with Crippen molar-refractivity contribution in [1.82, 2.24) is 9.97 Å². The molecular formula is C22H13FN2. The van der Waals surface area contributed by atoms with Gasteiger partial charge in [0.1, 0.15) is 5.82 Å². The van der Waals surface area contributed by atoms with Crippen molar-refractivity contribution in [3.05, 3.63) is 84.8 Å². The lowest BCUT2D eigenvalue weighted by atomic mass is 10.0. The highest BCUT2D eigenvalue weighted by Gasteiger charge is 2.06. The topological polar surface area (TPSA) is 25.8 Å². The summed E-state index contributed by atoms with van der Waals surface area (Å²) < 4.78 is 13.1. The first-order valence-corrected chi connectivity index (χ1v) is 8.11. The van der Waals surface area contributed by atoms with Crippen LogP contribution in [-0.4, -0.2) is 9.97 Å². The van der Waals surface area contributed by atoms with E-state index in [-0.39, 0.29) is 5.82 Å². The quantitative estimate of drug-likeness (QED) is 0.367. The lowest BCUT2D eigenvalue weighted by Crippen LogP contribution is -1.89. The number of fused-ring (bicyclic) bond motifs is 3. The van der Waals surface area contributed by atoms with E-state index in [1.54, 1.807) is 18.3 Å². The molecule has 0 bridgehead atoms. The Morgan fingerprint density at radius 3 is 1.96 bits per heavy atom. The summed E-state index contributed by atoms with van der Waals surface area (Å²) >= 11 is 0. The Morgan fingerprint density at radius 2 is 1.28 bits per heavy atom. The first-order chi connectivity index (χ1) is 12.3. The van der Waals surface area contributed by atoms with Gasteiger partial charge in [-0.2, -0.15) is 0 Å². The maximum atomic E-state index is 13.1. The molecule has 0 saturated heterocycles. The van der Waals surface area contributed by atoms with Crippen molar-refractivity contribution in [2.75, 3.05) is 0 Å². The van der Waals surface area contributed by atoms with Crippen LogP contribution in [0.4, 0.5) is 4.39 Å². The first-order valence-electron chi connectivity index (χ1n) is 8.11. The number of rotatable bonds is 1. The lowest BCUT2D eigenvalue weighted by molar-refractivity contribution is 0.628. The van der Waals surface area contributed by atoms with Crippen molar-refractivity contribution in [2.45, 2.75) is 0 Å². The third kappa shape index (κ3) is 2.41. The molecule has 0 spiro atoms. The fourth-order valence-electron chi connectivity index (χ4n) is 3.21. The van der Waals surface area contributed by atoms with Gasteiger partial charge in [-0.3, -0.25) is 4.98 Å². The van der Waals surface area contributed by atoms with Crippen LogP contribution in [0.3, 0.4) is 0 Å². The molecule has 0 saturated carbocycles. The van der Waals surface area contributed by atoms with Gasteiger partial charge in [0.25, 0.3) is 0 Å².